The van der Waals surface area contributed by atoms with E-state index >= 15 is 0 Å². The molecule has 34 heavy (non-hydrogen) atoms. The lowest BCUT2D eigenvalue weighted by Gasteiger charge is -2.40. The van der Waals surface area contributed by atoms with Crippen LogP contribution in [0.1, 0.15) is 57.7 Å². The maximum atomic E-state index is 13.1. The average Bonchev–Trinajstić information content (AvgIpc) is 3.20. The van der Waals surface area contributed by atoms with Crippen molar-refractivity contribution in [1.82, 2.24) is 20.0 Å². The summed E-state index contributed by atoms with van der Waals surface area (Å²) < 4.78 is 6.96. The van der Waals surface area contributed by atoms with Crippen LogP contribution in [0.5, 0.6) is 0 Å². The maximum Gasteiger partial charge on any atom is 0.326 e. The van der Waals surface area contributed by atoms with Gasteiger partial charge in [0.15, 0.2) is 0 Å². The summed E-state index contributed by atoms with van der Waals surface area (Å²) in [5, 5.41) is 7.63. The normalized spacial score (nSPS) is 22.9. The molecular weight excluding hydrogens is 456 g/mol. The van der Waals surface area contributed by atoms with Crippen LogP contribution in [0.4, 0.5) is 4.79 Å². The van der Waals surface area contributed by atoms with E-state index in [-0.39, 0.29) is 17.9 Å². The van der Waals surface area contributed by atoms with E-state index in [0.717, 1.165) is 23.4 Å². The van der Waals surface area contributed by atoms with Crippen LogP contribution in [0.25, 0.3) is 5.69 Å². The van der Waals surface area contributed by atoms with E-state index in [4.69, 9.17) is 16.3 Å². The number of hydrogen-bond acceptors (Lipinski definition) is 5. The van der Waals surface area contributed by atoms with Gasteiger partial charge in [-0.25, -0.2) is 9.48 Å². The average molecular weight is 487 g/mol. The molecule has 1 aliphatic heterocycles. The van der Waals surface area contributed by atoms with Gasteiger partial charge in [-0.1, -0.05) is 50.6 Å². The number of carbonyl (C=O) groups excluding carboxylic acids is 3. The number of carbonyl (C=O) groups is 3. The number of benzene rings is 1. The number of halogens is 1. The topological polar surface area (TPSA) is 93.5 Å². The van der Waals surface area contributed by atoms with Crippen LogP contribution in [0.3, 0.4) is 0 Å². The molecule has 0 atom stereocenters. The van der Waals surface area contributed by atoms with Crippen molar-refractivity contribution in [3.05, 3.63) is 46.7 Å². The van der Waals surface area contributed by atoms with Crippen LogP contribution < -0.4 is 5.32 Å². The van der Waals surface area contributed by atoms with Gasteiger partial charge in [0.25, 0.3) is 5.91 Å². The Kier molecular flexibility index (Phi) is 6.46. The van der Waals surface area contributed by atoms with Gasteiger partial charge in [0, 0.05) is 5.56 Å². The molecule has 0 bridgehead atoms. The van der Waals surface area contributed by atoms with Gasteiger partial charge in [-0.15, -0.1) is 0 Å². The lowest BCUT2D eigenvalue weighted by atomic mass is 9.67. The number of urea groups is 1. The molecule has 8 nitrogen and oxygen atoms in total. The number of esters is 1. The first-order chi connectivity index (χ1) is 16.0. The molecule has 0 radical (unpaired) electrons. The Morgan fingerprint density at radius 2 is 1.85 bits per heavy atom. The van der Waals surface area contributed by atoms with Crippen molar-refractivity contribution >= 4 is 29.5 Å². The largest absolute Gasteiger partial charge is 0.459 e. The van der Waals surface area contributed by atoms with E-state index in [0.29, 0.717) is 35.2 Å². The summed E-state index contributed by atoms with van der Waals surface area (Å²) in [5.74, 6) is -0.522. The Labute approximate surface area is 204 Å². The van der Waals surface area contributed by atoms with Crippen LogP contribution in [0.15, 0.2) is 30.3 Å². The summed E-state index contributed by atoms with van der Waals surface area (Å²) in [6.07, 6.45) is 2.88. The highest BCUT2D eigenvalue weighted by Gasteiger charge is 2.53. The van der Waals surface area contributed by atoms with Crippen LogP contribution in [-0.2, 0) is 20.9 Å². The molecule has 2 aromatic rings. The van der Waals surface area contributed by atoms with E-state index in [1.54, 1.807) is 11.6 Å². The molecule has 1 N–H and O–H groups in total. The first-order valence-electron chi connectivity index (χ1n) is 11.6. The Balaban J connectivity index is 1.37. The first kappa shape index (κ1) is 24.3. The van der Waals surface area contributed by atoms with Gasteiger partial charge in [-0.05, 0) is 56.1 Å². The predicted octanol–water partition coefficient (Wildman–Crippen LogP) is 4.40. The lowest BCUT2D eigenvalue weighted by Crippen LogP contribution is -2.50. The molecule has 2 fully saturated rings. The number of ether oxygens (including phenoxy) is 1. The molecule has 1 aromatic heterocycles. The van der Waals surface area contributed by atoms with Crippen molar-refractivity contribution < 1.29 is 19.1 Å². The van der Waals surface area contributed by atoms with E-state index < -0.39 is 24.1 Å². The van der Waals surface area contributed by atoms with Crippen molar-refractivity contribution in [2.24, 2.45) is 11.3 Å². The minimum absolute atomic E-state index is 0.0988. The lowest BCUT2D eigenvalue weighted by molar-refractivity contribution is -0.149. The predicted molar refractivity (Wildman–Crippen MR) is 127 cm³/mol. The van der Waals surface area contributed by atoms with Gasteiger partial charge in [-0.2, -0.15) is 5.10 Å². The minimum atomic E-state index is -0.907. The minimum Gasteiger partial charge on any atom is -0.459 e. The van der Waals surface area contributed by atoms with Crippen LogP contribution in [-0.4, -0.2) is 44.7 Å². The maximum absolute atomic E-state index is 13.1. The smallest absolute Gasteiger partial charge is 0.326 e. The standard InChI is InChI=1S/C25H31ClN4O4/c1-16-19(21(26)30(28-16)18-8-6-5-7-9-18)15-34-20(31)14-29-22(32)25(27-23(29)33)12-10-17(11-13-25)24(2,3)4/h5-9,17H,10-15H2,1-4H3,(H,27,33). The van der Waals surface area contributed by atoms with Gasteiger partial charge in [-0.3, -0.25) is 14.5 Å². The van der Waals surface area contributed by atoms with Crippen molar-refractivity contribution in [1.29, 1.82) is 0 Å². The Morgan fingerprint density at radius 3 is 2.47 bits per heavy atom. The molecule has 2 heterocycles. The zero-order valence-corrected chi connectivity index (χ0v) is 20.8. The summed E-state index contributed by atoms with van der Waals surface area (Å²) in [7, 11) is 0. The molecule has 4 rings (SSSR count). The molecule has 1 saturated carbocycles. The van der Waals surface area contributed by atoms with Crippen molar-refractivity contribution in [2.45, 2.75) is 65.5 Å². The Morgan fingerprint density at radius 1 is 1.21 bits per heavy atom. The van der Waals surface area contributed by atoms with Crippen LogP contribution in [0, 0.1) is 18.3 Å². The highest BCUT2D eigenvalue weighted by atomic mass is 35.5. The fourth-order valence-electron chi connectivity index (χ4n) is 4.90. The number of aromatic nitrogens is 2. The molecule has 1 aromatic carbocycles. The number of para-hydroxylation sites is 1. The van der Waals surface area contributed by atoms with E-state index in [1.165, 1.54) is 0 Å². The van der Waals surface area contributed by atoms with Gasteiger partial charge < -0.3 is 10.1 Å². The third-order valence-corrected chi connectivity index (χ3v) is 7.49. The van der Waals surface area contributed by atoms with Crippen molar-refractivity contribution in [3.63, 3.8) is 0 Å². The monoisotopic (exact) mass is 486 g/mol. The van der Waals surface area contributed by atoms with Crippen molar-refractivity contribution in [2.75, 3.05) is 6.54 Å². The van der Waals surface area contributed by atoms with Crippen LogP contribution in [0.2, 0.25) is 5.15 Å². The number of nitrogens with one attached hydrogen (secondary N) is 1. The number of amides is 3. The second-order valence-corrected chi connectivity index (χ2v) is 10.7. The number of nitrogens with zero attached hydrogens (tertiary/aromatic N) is 3. The fraction of sp³-hybridized carbons (Fsp3) is 0.520. The Hall–Kier alpha value is -2.87. The van der Waals surface area contributed by atoms with E-state index in [1.807, 2.05) is 30.3 Å². The molecule has 1 aliphatic carbocycles. The highest BCUT2D eigenvalue weighted by molar-refractivity contribution is 6.30. The summed E-state index contributed by atoms with van der Waals surface area (Å²) in [5.41, 5.74) is 1.25. The molecular formula is C25H31ClN4O4. The second-order valence-electron chi connectivity index (χ2n) is 10.3. The van der Waals surface area contributed by atoms with E-state index in [9.17, 15) is 14.4 Å². The van der Waals surface area contributed by atoms with Crippen LogP contribution >= 0.6 is 11.6 Å². The zero-order chi connectivity index (χ0) is 24.7. The van der Waals surface area contributed by atoms with Gasteiger partial charge in [0.1, 0.15) is 23.8 Å². The molecule has 0 unspecified atom stereocenters. The molecule has 1 saturated heterocycles. The summed E-state index contributed by atoms with van der Waals surface area (Å²) >= 11 is 6.49. The molecule has 1 spiro atoms. The number of imide groups is 1. The first-order valence-corrected chi connectivity index (χ1v) is 12.0. The number of rotatable bonds is 5. The van der Waals surface area contributed by atoms with Crippen molar-refractivity contribution in [3.8, 4) is 5.69 Å². The van der Waals surface area contributed by atoms with Gasteiger partial charge in [0.2, 0.25) is 0 Å². The third kappa shape index (κ3) is 4.56. The molecule has 3 amide bonds. The summed E-state index contributed by atoms with van der Waals surface area (Å²) in [4.78, 5) is 39.2. The zero-order valence-electron chi connectivity index (χ0n) is 20.1. The summed E-state index contributed by atoms with van der Waals surface area (Å²) in [6, 6.07) is 8.85. The number of aryl methyl sites for hydroxylation is 1. The molecule has 9 heteroatoms. The summed E-state index contributed by atoms with van der Waals surface area (Å²) in [6.45, 7) is 7.85. The molecule has 2 aliphatic rings. The van der Waals surface area contributed by atoms with Gasteiger partial charge >= 0.3 is 12.0 Å². The number of hydrogen-bond donors (Lipinski definition) is 1. The SMILES string of the molecule is Cc1nn(-c2ccccc2)c(Cl)c1COC(=O)CN1C(=O)NC2(CCC(C(C)(C)C)CC2)C1=O. The highest BCUT2D eigenvalue weighted by Crippen LogP contribution is 2.43. The fourth-order valence-corrected chi connectivity index (χ4v) is 5.23. The second kappa shape index (κ2) is 9.06. The van der Waals surface area contributed by atoms with E-state index in [2.05, 4.69) is 31.2 Å². The quantitative estimate of drug-likeness (QED) is 0.499. The van der Waals surface area contributed by atoms with Gasteiger partial charge in [0.05, 0.1) is 11.4 Å². The third-order valence-electron chi connectivity index (χ3n) is 7.10. The Bertz CT molecular complexity index is 1100. The molecule has 182 valence electrons.